The van der Waals surface area contributed by atoms with E-state index in [1.54, 1.807) is 7.11 Å². The monoisotopic (exact) mass is 436 g/mol. The van der Waals surface area contributed by atoms with Crippen molar-refractivity contribution < 1.29 is 9.47 Å². The Morgan fingerprint density at radius 3 is 2.48 bits per heavy atom. The van der Waals surface area contributed by atoms with Gasteiger partial charge in [-0.15, -0.1) is 12.4 Å². The Balaban J connectivity index is 0.00000231. The van der Waals surface area contributed by atoms with Crippen molar-refractivity contribution in [1.82, 2.24) is 4.90 Å². The molecule has 0 aliphatic carbocycles. The predicted molar refractivity (Wildman–Crippen MR) is 128 cm³/mol. The number of ether oxygens (including phenoxy) is 2. The van der Waals surface area contributed by atoms with Crippen molar-refractivity contribution in [2.45, 2.75) is 25.5 Å². The molecule has 3 aromatic carbocycles. The van der Waals surface area contributed by atoms with E-state index in [-0.39, 0.29) is 12.4 Å². The second-order valence-electron chi connectivity index (χ2n) is 8.10. The van der Waals surface area contributed by atoms with E-state index >= 15 is 0 Å². The lowest BCUT2D eigenvalue weighted by molar-refractivity contribution is 0.310. The SMILES string of the molecule is COc1ccc(CCN2CCC(N3c4ccccc4COc4ccccc43)C2)cc1.Cl. The van der Waals surface area contributed by atoms with Crippen molar-refractivity contribution in [3.63, 3.8) is 0 Å². The third-order valence-corrected chi connectivity index (χ3v) is 6.25. The Morgan fingerprint density at radius 1 is 0.935 bits per heavy atom. The number of anilines is 2. The summed E-state index contributed by atoms with van der Waals surface area (Å²) in [5.74, 6) is 1.89. The van der Waals surface area contributed by atoms with Crippen LogP contribution in [0.4, 0.5) is 11.4 Å². The largest absolute Gasteiger partial charge is 0.497 e. The number of methoxy groups -OCH3 is 1. The molecule has 0 aromatic heterocycles. The zero-order chi connectivity index (χ0) is 20.3. The molecular formula is C26H29ClN2O2. The normalized spacial score (nSPS) is 17.7. The molecule has 0 bridgehead atoms. The zero-order valence-electron chi connectivity index (χ0n) is 17.9. The van der Waals surface area contributed by atoms with Gasteiger partial charge in [-0.2, -0.15) is 0 Å². The van der Waals surface area contributed by atoms with E-state index in [2.05, 4.69) is 70.5 Å². The fourth-order valence-electron chi connectivity index (χ4n) is 4.63. The van der Waals surface area contributed by atoms with Crippen LogP contribution in [0.1, 0.15) is 17.5 Å². The molecular weight excluding hydrogens is 408 g/mol. The summed E-state index contributed by atoms with van der Waals surface area (Å²) >= 11 is 0. The van der Waals surface area contributed by atoms with Gasteiger partial charge >= 0.3 is 0 Å². The first-order chi connectivity index (χ1) is 14.8. The molecule has 31 heavy (non-hydrogen) atoms. The van der Waals surface area contributed by atoms with E-state index in [1.165, 1.54) is 22.5 Å². The number of nitrogens with zero attached hydrogens (tertiary/aromatic N) is 2. The van der Waals surface area contributed by atoms with Crippen LogP contribution in [0.5, 0.6) is 11.5 Å². The number of para-hydroxylation sites is 3. The molecule has 0 N–H and O–H groups in total. The van der Waals surface area contributed by atoms with Gasteiger partial charge in [-0.3, -0.25) is 0 Å². The van der Waals surface area contributed by atoms with E-state index in [9.17, 15) is 0 Å². The minimum atomic E-state index is 0. The van der Waals surface area contributed by atoms with Gasteiger partial charge in [0.2, 0.25) is 0 Å². The van der Waals surface area contributed by atoms with Gasteiger partial charge in [0.05, 0.1) is 12.8 Å². The van der Waals surface area contributed by atoms with Crippen molar-refractivity contribution >= 4 is 23.8 Å². The van der Waals surface area contributed by atoms with Crippen molar-refractivity contribution in [2.24, 2.45) is 0 Å². The minimum absolute atomic E-state index is 0. The molecule has 4 nitrogen and oxygen atoms in total. The standard InChI is InChI=1S/C26H28N2O2.ClH/c1-29-23-12-10-20(11-13-23)14-16-27-17-15-22(18-27)28-24-7-3-2-6-21(24)19-30-26-9-5-4-8-25(26)28;/h2-13,22H,14-19H2,1H3;1H. The molecule has 0 radical (unpaired) electrons. The molecule has 2 aliphatic heterocycles. The second kappa shape index (κ2) is 9.63. The van der Waals surface area contributed by atoms with Crippen LogP contribution in [0, 0.1) is 0 Å². The minimum Gasteiger partial charge on any atom is -0.497 e. The molecule has 1 atom stereocenters. The molecule has 0 saturated carbocycles. The number of hydrogen-bond donors (Lipinski definition) is 0. The van der Waals surface area contributed by atoms with Gasteiger partial charge < -0.3 is 19.3 Å². The summed E-state index contributed by atoms with van der Waals surface area (Å²) in [5, 5.41) is 0. The molecule has 1 fully saturated rings. The van der Waals surface area contributed by atoms with Crippen LogP contribution in [0.25, 0.3) is 0 Å². The molecule has 2 aliphatic rings. The molecule has 5 heteroatoms. The van der Waals surface area contributed by atoms with Gasteiger partial charge in [0.25, 0.3) is 0 Å². The third kappa shape index (κ3) is 4.51. The van der Waals surface area contributed by atoms with Crippen LogP contribution in [-0.2, 0) is 13.0 Å². The maximum atomic E-state index is 6.15. The zero-order valence-corrected chi connectivity index (χ0v) is 18.7. The average molecular weight is 437 g/mol. The third-order valence-electron chi connectivity index (χ3n) is 6.25. The molecule has 3 aromatic rings. The molecule has 1 unspecified atom stereocenters. The highest BCUT2D eigenvalue weighted by molar-refractivity contribution is 5.85. The number of rotatable bonds is 5. The van der Waals surface area contributed by atoms with Gasteiger partial charge in [-0.05, 0) is 48.7 Å². The van der Waals surface area contributed by atoms with Gasteiger partial charge in [-0.1, -0.05) is 42.5 Å². The molecule has 5 rings (SSSR count). The van der Waals surface area contributed by atoms with E-state index < -0.39 is 0 Å². The molecule has 0 spiro atoms. The first kappa shape index (κ1) is 21.5. The van der Waals surface area contributed by atoms with Gasteiger partial charge in [0.15, 0.2) is 0 Å². The van der Waals surface area contributed by atoms with Gasteiger partial charge in [-0.25, -0.2) is 0 Å². The van der Waals surface area contributed by atoms with Gasteiger partial charge in [0.1, 0.15) is 18.1 Å². The quantitative estimate of drug-likeness (QED) is 0.529. The van der Waals surface area contributed by atoms with Gasteiger partial charge in [0, 0.05) is 36.9 Å². The van der Waals surface area contributed by atoms with Crippen LogP contribution >= 0.6 is 12.4 Å². The summed E-state index contributed by atoms with van der Waals surface area (Å²) in [6, 6.07) is 26.0. The van der Waals surface area contributed by atoms with Crippen LogP contribution in [-0.4, -0.2) is 37.7 Å². The Labute approximate surface area is 190 Å². The Bertz CT molecular complexity index is 961. The van der Waals surface area contributed by atoms with Crippen molar-refractivity contribution in [2.75, 3.05) is 31.6 Å². The lowest BCUT2D eigenvalue weighted by Crippen LogP contribution is -2.35. The first-order valence-electron chi connectivity index (χ1n) is 10.8. The highest BCUT2D eigenvalue weighted by atomic mass is 35.5. The van der Waals surface area contributed by atoms with Crippen LogP contribution in [0.3, 0.4) is 0 Å². The molecule has 1 saturated heterocycles. The Morgan fingerprint density at radius 2 is 1.68 bits per heavy atom. The van der Waals surface area contributed by atoms with Crippen molar-refractivity contribution in [1.29, 1.82) is 0 Å². The number of fused-ring (bicyclic) bond motifs is 2. The van der Waals surface area contributed by atoms with E-state index in [1.807, 2.05) is 12.1 Å². The maximum absolute atomic E-state index is 6.15. The average Bonchev–Trinajstić information content (AvgIpc) is 3.20. The number of likely N-dealkylation sites (tertiary alicyclic amines) is 1. The molecule has 162 valence electrons. The van der Waals surface area contributed by atoms with Crippen molar-refractivity contribution in [3.05, 3.63) is 83.9 Å². The summed E-state index contributed by atoms with van der Waals surface area (Å²) in [4.78, 5) is 5.11. The summed E-state index contributed by atoms with van der Waals surface area (Å²) in [6.07, 6.45) is 2.22. The van der Waals surface area contributed by atoms with E-state index in [4.69, 9.17) is 9.47 Å². The fourth-order valence-corrected chi connectivity index (χ4v) is 4.63. The van der Waals surface area contributed by atoms with Crippen LogP contribution < -0.4 is 14.4 Å². The fraction of sp³-hybridized carbons (Fsp3) is 0.308. The topological polar surface area (TPSA) is 24.9 Å². The summed E-state index contributed by atoms with van der Waals surface area (Å²) in [5.41, 5.74) is 5.08. The van der Waals surface area contributed by atoms with E-state index in [0.29, 0.717) is 12.6 Å². The number of benzene rings is 3. The highest BCUT2D eigenvalue weighted by Crippen LogP contribution is 2.42. The Hall–Kier alpha value is -2.69. The number of halogens is 1. The summed E-state index contributed by atoms with van der Waals surface area (Å²) in [7, 11) is 1.71. The summed E-state index contributed by atoms with van der Waals surface area (Å²) in [6.45, 7) is 3.90. The first-order valence-corrected chi connectivity index (χ1v) is 10.8. The second-order valence-corrected chi connectivity index (χ2v) is 8.10. The smallest absolute Gasteiger partial charge is 0.143 e. The molecule has 2 heterocycles. The highest BCUT2D eigenvalue weighted by Gasteiger charge is 2.32. The maximum Gasteiger partial charge on any atom is 0.143 e. The molecule has 0 amide bonds. The lowest BCUT2D eigenvalue weighted by Gasteiger charge is -2.32. The van der Waals surface area contributed by atoms with Crippen LogP contribution in [0.2, 0.25) is 0 Å². The van der Waals surface area contributed by atoms with Crippen LogP contribution in [0.15, 0.2) is 72.8 Å². The Kier molecular flexibility index (Phi) is 6.69. The van der Waals surface area contributed by atoms with Crippen molar-refractivity contribution in [3.8, 4) is 11.5 Å². The summed E-state index contributed by atoms with van der Waals surface area (Å²) < 4.78 is 11.4. The predicted octanol–water partition coefficient (Wildman–Crippen LogP) is 5.46. The number of hydrogen-bond acceptors (Lipinski definition) is 4. The van der Waals surface area contributed by atoms with E-state index in [0.717, 1.165) is 44.0 Å². The lowest BCUT2D eigenvalue weighted by atomic mass is 10.1.